The van der Waals surface area contributed by atoms with Gasteiger partial charge in [-0.15, -0.1) is 0 Å². The van der Waals surface area contributed by atoms with E-state index in [9.17, 15) is 9.59 Å². The Labute approximate surface area is 167 Å². The minimum absolute atomic E-state index is 0.193. The van der Waals surface area contributed by atoms with Crippen LogP contribution in [0.2, 0.25) is 0 Å². The third-order valence-corrected chi connectivity index (χ3v) is 5.51. The summed E-state index contributed by atoms with van der Waals surface area (Å²) in [6.45, 7) is 4.32. The summed E-state index contributed by atoms with van der Waals surface area (Å²) in [5.74, 6) is 0.320. The molecule has 0 fully saturated rings. The van der Waals surface area contributed by atoms with E-state index in [-0.39, 0.29) is 11.5 Å². The van der Waals surface area contributed by atoms with Crippen LogP contribution < -0.4 is 10.3 Å². The molecule has 6 nitrogen and oxygen atoms in total. The highest BCUT2D eigenvalue weighted by atomic mass is 32.2. The van der Waals surface area contributed by atoms with Gasteiger partial charge in [0.1, 0.15) is 11.0 Å². The van der Waals surface area contributed by atoms with Crippen LogP contribution in [0.15, 0.2) is 58.5 Å². The molecule has 7 heteroatoms. The van der Waals surface area contributed by atoms with E-state index >= 15 is 0 Å². The Morgan fingerprint density at radius 2 is 1.96 bits per heavy atom. The number of methoxy groups -OCH3 is 1. The number of benzene rings is 2. The standard InChI is InChI=1S/C21H22N2O4S/c1-4-18(20(25)26-3)28-21-22-17-12-7-6-11-16(17)19(24)23(21)14-9-8-10-15(13-14)27-5-2/h6-13,18H,4-5H2,1-3H3/t18-/m1/s1. The van der Waals surface area contributed by atoms with E-state index in [0.717, 1.165) is 0 Å². The van der Waals surface area contributed by atoms with Crippen LogP contribution in [-0.4, -0.2) is 34.5 Å². The van der Waals surface area contributed by atoms with E-state index in [1.54, 1.807) is 18.2 Å². The van der Waals surface area contributed by atoms with Crippen molar-refractivity contribution in [2.24, 2.45) is 0 Å². The van der Waals surface area contributed by atoms with Gasteiger partial charge in [0.2, 0.25) is 0 Å². The summed E-state index contributed by atoms with van der Waals surface area (Å²) in [7, 11) is 1.36. The first-order valence-corrected chi connectivity index (χ1v) is 9.96. The predicted molar refractivity (Wildman–Crippen MR) is 110 cm³/mol. The normalized spacial score (nSPS) is 12.0. The van der Waals surface area contributed by atoms with Crippen LogP contribution in [0.25, 0.3) is 16.6 Å². The highest BCUT2D eigenvalue weighted by Crippen LogP contribution is 2.28. The van der Waals surface area contributed by atoms with Crippen LogP contribution >= 0.6 is 11.8 Å². The van der Waals surface area contributed by atoms with E-state index in [1.807, 2.05) is 44.2 Å². The summed E-state index contributed by atoms with van der Waals surface area (Å²) >= 11 is 1.23. The van der Waals surface area contributed by atoms with Crippen molar-refractivity contribution in [1.29, 1.82) is 0 Å². The van der Waals surface area contributed by atoms with Crippen molar-refractivity contribution in [3.05, 3.63) is 58.9 Å². The Kier molecular flexibility index (Phi) is 6.36. The van der Waals surface area contributed by atoms with Crippen molar-refractivity contribution in [3.8, 4) is 11.4 Å². The number of aromatic nitrogens is 2. The number of thioether (sulfide) groups is 1. The molecule has 2 aromatic carbocycles. The van der Waals surface area contributed by atoms with Crippen molar-refractivity contribution in [2.75, 3.05) is 13.7 Å². The van der Waals surface area contributed by atoms with Crippen LogP contribution in [0.3, 0.4) is 0 Å². The Morgan fingerprint density at radius 1 is 1.18 bits per heavy atom. The molecule has 1 atom stereocenters. The number of ether oxygens (including phenoxy) is 2. The van der Waals surface area contributed by atoms with Gasteiger partial charge < -0.3 is 9.47 Å². The lowest BCUT2D eigenvalue weighted by Gasteiger charge is -2.17. The number of fused-ring (bicyclic) bond motifs is 1. The molecule has 0 N–H and O–H groups in total. The van der Waals surface area contributed by atoms with Crippen LogP contribution in [0.5, 0.6) is 5.75 Å². The maximum absolute atomic E-state index is 13.3. The lowest BCUT2D eigenvalue weighted by atomic mass is 10.2. The average Bonchev–Trinajstić information content (AvgIpc) is 2.72. The number of carbonyl (C=O) groups excluding carboxylic acids is 1. The van der Waals surface area contributed by atoms with E-state index in [2.05, 4.69) is 4.98 Å². The van der Waals surface area contributed by atoms with E-state index < -0.39 is 5.25 Å². The van der Waals surface area contributed by atoms with Gasteiger partial charge in [0.25, 0.3) is 5.56 Å². The molecule has 0 bridgehead atoms. The number of carbonyl (C=O) groups is 1. The van der Waals surface area contributed by atoms with Gasteiger partial charge in [-0.05, 0) is 37.6 Å². The number of hydrogen-bond donors (Lipinski definition) is 0. The first-order valence-electron chi connectivity index (χ1n) is 9.08. The number of esters is 1. The SMILES string of the molecule is CCOc1cccc(-n2c(S[C@H](CC)C(=O)OC)nc3ccccc3c2=O)c1. The lowest BCUT2D eigenvalue weighted by Crippen LogP contribution is -2.25. The van der Waals surface area contributed by atoms with Gasteiger partial charge in [-0.25, -0.2) is 4.98 Å². The molecule has 1 aromatic heterocycles. The summed E-state index contributed by atoms with van der Waals surface area (Å²) in [4.78, 5) is 30.1. The second-order valence-corrected chi connectivity index (χ2v) is 7.19. The topological polar surface area (TPSA) is 70.4 Å². The van der Waals surface area contributed by atoms with Crippen LogP contribution in [0, 0.1) is 0 Å². The average molecular weight is 398 g/mol. The summed E-state index contributed by atoms with van der Waals surface area (Å²) in [5, 5.41) is 0.494. The first-order chi connectivity index (χ1) is 13.6. The fraction of sp³-hybridized carbons (Fsp3) is 0.286. The van der Waals surface area contributed by atoms with Gasteiger partial charge in [-0.2, -0.15) is 0 Å². The summed E-state index contributed by atoms with van der Waals surface area (Å²) < 4.78 is 12.0. The molecular weight excluding hydrogens is 376 g/mol. The minimum atomic E-state index is -0.459. The molecule has 146 valence electrons. The van der Waals surface area contributed by atoms with Crippen LogP contribution in [0.4, 0.5) is 0 Å². The molecule has 0 radical (unpaired) electrons. The zero-order valence-electron chi connectivity index (χ0n) is 16.0. The third-order valence-electron chi connectivity index (χ3n) is 4.21. The van der Waals surface area contributed by atoms with Crippen LogP contribution in [-0.2, 0) is 9.53 Å². The van der Waals surface area contributed by atoms with E-state index in [4.69, 9.17) is 9.47 Å². The number of hydrogen-bond acceptors (Lipinski definition) is 6. The van der Waals surface area contributed by atoms with Gasteiger partial charge >= 0.3 is 5.97 Å². The highest BCUT2D eigenvalue weighted by molar-refractivity contribution is 8.00. The van der Waals surface area contributed by atoms with Crippen molar-refractivity contribution in [1.82, 2.24) is 9.55 Å². The first kappa shape index (κ1) is 19.9. The van der Waals surface area contributed by atoms with E-state index in [0.29, 0.717) is 40.5 Å². The lowest BCUT2D eigenvalue weighted by molar-refractivity contribution is -0.140. The maximum atomic E-state index is 13.3. The molecule has 0 saturated carbocycles. The van der Waals surface area contributed by atoms with Gasteiger partial charge in [0.05, 0.1) is 30.3 Å². The fourth-order valence-corrected chi connectivity index (χ4v) is 3.91. The molecule has 0 amide bonds. The summed E-state index contributed by atoms with van der Waals surface area (Å²) in [6.07, 6.45) is 0.555. The Morgan fingerprint density at radius 3 is 2.68 bits per heavy atom. The largest absolute Gasteiger partial charge is 0.494 e. The second kappa shape index (κ2) is 8.93. The molecule has 0 saturated heterocycles. The fourth-order valence-electron chi connectivity index (χ4n) is 2.85. The van der Waals surface area contributed by atoms with Gasteiger partial charge in [-0.1, -0.05) is 36.9 Å². The smallest absolute Gasteiger partial charge is 0.319 e. The van der Waals surface area contributed by atoms with Crippen molar-refractivity contribution >= 4 is 28.6 Å². The second-order valence-electron chi connectivity index (χ2n) is 6.02. The Hall–Kier alpha value is -2.80. The van der Waals surface area contributed by atoms with Crippen LogP contribution in [0.1, 0.15) is 20.3 Å². The molecule has 28 heavy (non-hydrogen) atoms. The monoisotopic (exact) mass is 398 g/mol. The predicted octanol–water partition coefficient (Wildman–Crippen LogP) is 3.83. The third kappa shape index (κ3) is 4.04. The van der Waals surface area contributed by atoms with E-state index in [1.165, 1.54) is 23.4 Å². The minimum Gasteiger partial charge on any atom is -0.494 e. The summed E-state index contributed by atoms with van der Waals surface area (Å²) in [6, 6.07) is 14.5. The van der Waals surface area contributed by atoms with Gasteiger partial charge in [0.15, 0.2) is 5.16 Å². The Balaban J connectivity index is 2.21. The van der Waals surface area contributed by atoms with Gasteiger partial charge in [-0.3, -0.25) is 14.2 Å². The highest BCUT2D eigenvalue weighted by Gasteiger charge is 2.23. The number of nitrogens with zero attached hydrogens (tertiary/aromatic N) is 2. The molecule has 0 aliphatic rings. The van der Waals surface area contributed by atoms with Crippen molar-refractivity contribution in [2.45, 2.75) is 30.7 Å². The molecular formula is C21H22N2O4S. The number of para-hydroxylation sites is 1. The molecule has 3 aromatic rings. The molecule has 0 unspecified atom stereocenters. The van der Waals surface area contributed by atoms with Crippen molar-refractivity contribution in [3.63, 3.8) is 0 Å². The molecule has 0 aliphatic heterocycles. The zero-order valence-corrected chi connectivity index (χ0v) is 16.9. The molecule has 1 heterocycles. The molecule has 0 spiro atoms. The number of rotatable bonds is 7. The van der Waals surface area contributed by atoms with Crippen molar-refractivity contribution < 1.29 is 14.3 Å². The molecule has 0 aliphatic carbocycles. The Bertz CT molecular complexity index is 1050. The maximum Gasteiger partial charge on any atom is 0.319 e. The quantitative estimate of drug-likeness (QED) is 0.342. The molecule has 3 rings (SSSR count). The zero-order chi connectivity index (χ0) is 20.1. The van der Waals surface area contributed by atoms with Gasteiger partial charge in [0, 0.05) is 6.07 Å². The summed E-state index contributed by atoms with van der Waals surface area (Å²) in [5.41, 5.74) is 1.03.